The lowest BCUT2D eigenvalue weighted by Crippen LogP contribution is -2.41. The van der Waals surface area contributed by atoms with Gasteiger partial charge in [-0.15, -0.1) is 0 Å². The van der Waals surface area contributed by atoms with Crippen molar-refractivity contribution in [1.29, 1.82) is 0 Å². The lowest BCUT2D eigenvalue weighted by atomic mass is 9.84. The van der Waals surface area contributed by atoms with Crippen LogP contribution in [0.2, 0.25) is 0 Å². The van der Waals surface area contributed by atoms with E-state index >= 15 is 0 Å². The second-order valence-corrected chi connectivity index (χ2v) is 6.28. The molecule has 0 aromatic carbocycles. The van der Waals surface area contributed by atoms with Crippen LogP contribution in [0.15, 0.2) is 24.5 Å². The first kappa shape index (κ1) is 12.4. The fourth-order valence-electron chi connectivity index (χ4n) is 3.73. The van der Waals surface area contributed by atoms with Crippen molar-refractivity contribution in [2.45, 2.75) is 31.3 Å². The summed E-state index contributed by atoms with van der Waals surface area (Å²) in [6.07, 6.45) is 8.58. The van der Waals surface area contributed by atoms with Crippen LogP contribution in [-0.4, -0.2) is 35.3 Å². The van der Waals surface area contributed by atoms with Gasteiger partial charge in [-0.2, -0.15) is 0 Å². The summed E-state index contributed by atoms with van der Waals surface area (Å²) < 4.78 is 6.17. The largest absolute Gasteiger partial charge is 0.375 e. The Kier molecular flexibility index (Phi) is 3.00. The van der Waals surface area contributed by atoms with Crippen molar-refractivity contribution in [1.82, 2.24) is 15.3 Å². The van der Waals surface area contributed by atoms with Crippen molar-refractivity contribution in [3.8, 4) is 0 Å². The van der Waals surface area contributed by atoms with Gasteiger partial charge in [0.2, 0.25) is 0 Å². The van der Waals surface area contributed by atoms with Gasteiger partial charge in [-0.3, -0.25) is 0 Å². The molecule has 0 bridgehead atoms. The second-order valence-electron chi connectivity index (χ2n) is 6.28. The van der Waals surface area contributed by atoms with Gasteiger partial charge in [0.15, 0.2) is 0 Å². The fourth-order valence-corrected chi connectivity index (χ4v) is 3.73. The number of fused-ring (bicyclic) bond motifs is 1. The van der Waals surface area contributed by atoms with Crippen molar-refractivity contribution in [2.75, 3.05) is 19.7 Å². The molecule has 2 saturated heterocycles. The SMILES string of the molecule is c1cc2cc(C[C@@H]3COC4(CCNCC4)C3)cnc2[nH]1. The number of pyridine rings is 1. The van der Waals surface area contributed by atoms with Gasteiger partial charge in [0.25, 0.3) is 0 Å². The van der Waals surface area contributed by atoms with Gasteiger partial charge >= 0.3 is 0 Å². The monoisotopic (exact) mass is 271 g/mol. The number of hydrogen-bond acceptors (Lipinski definition) is 3. The highest BCUT2D eigenvalue weighted by molar-refractivity contribution is 5.75. The van der Waals surface area contributed by atoms with E-state index in [1.54, 1.807) is 0 Å². The Morgan fingerprint density at radius 2 is 2.25 bits per heavy atom. The van der Waals surface area contributed by atoms with Crippen LogP contribution >= 0.6 is 0 Å². The van der Waals surface area contributed by atoms with Crippen molar-refractivity contribution in [3.05, 3.63) is 30.1 Å². The molecule has 20 heavy (non-hydrogen) atoms. The van der Waals surface area contributed by atoms with Crippen LogP contribution in [0.4, 0.5) is 0 Å². The third kappa shape index (κ3) is 2.23. The highest BCUT2D eigenvalue weighted by atomic mass is 16.5. The van der Waals surface area contributed by atoms with E-state index in [2.05, 4.69) is 27.4 Å². The number of rotatable bonds is 2. The lowest BCUT2D eigenvalue weighted by molar-refractivity contribution is -0.0196. The van der Waals surface area contributed by atoms with Crippen molar-refractivity contribution in [3.63, 3.8) is 0 Å². The van der Waals surface area contributed by atoms with E-state index in [-0.39, 0.29) is 5.60 Å². The molecule has 0 radical (unpaired) electrons. The summed E-state index contributed by atoms with van der Waals surface area (Å²) in [5.74, 6) is 0.645. The molecule has 106 valence electrons. The van der Waals surface area contributed by atoms with Crippen molar-refractivity contribution >= 4 is 11.0 Å². The first-order valence-corrected chi connectivity index (χ1v) is 7.60. The van der Waals surface area contributed by atoms with Gasteiger partial charge in [0.05, 0.1) is 12.2 Å². The minimum absolute atomic E-state index is 0.168. The number of nitrogens with zero attached hydrogens (tertiary/aromatic N) is 1. The molecule has 2 aliphatic heterocycles. The van der Waals surface area contributed by atoms with Gasteiger partial charge in [-0.05, 0) is 62.4 Å². The predicted molar refractivity (Wildman–Crippen MR) is 78.7 cm³/mol. The zero-order valence-electron chi connectivity index (χ0n) is 11.7. The minimum Gasteiger partial charge on any atom is -0.375 e. The third-order valence-corrected chi connectivity index (χ3v) is 4.78. The molecular formula is C16H21N3O. The number of H-pyrrole nitrogens is 1. The lowest BCUT2D eigenvalue weighted by Gasteiger charge is -2.33. The van der Waals surface area contributed by atoms with E-state index in [0.29, 0.717) is 5.92 Å². The molecule has 0 saturated carbocycles. The zero-order chi connectivity index (χ0) is 13.4. The molecule has 2 aromatic rings. The topological polar surface area (TPSA) is 49.9 Å². The van der Waals surface area contributed by atoms with Crippen LogP contribution in [0.3, 0.4) is 0 Å². The Morgan fingerprint density at radius 3 is 3.15 bits per heavy atom. The predicted octanol–water partition coefficient (Wildman–Crippen LogP) is 2.26. The van der Waals surface area contributed by atoms with E-state index in [0.717, 1.165) is 31.8 Å². The van der Waals surface area contributed by atoms with E-state index in [1.807, 2.05) is 12.4 Å². The molecule has 2 N–H and O–H groups in total. The maximum atomic E-state index is 6.17. The van der Waals surface area contributed by atoms with Gasteiger partial charge < -0.3 is 15.0 Å². The number of aromatic nitrogens is 2. The van der Waals surface area contributed by atoms with Crippen LogP contribution in [0.5, 0.6) is 0 Å². The first-order chi connectivity index (χ1) is 9.83. The molecule has 4 nitrogen and oxygen atoms in total. The Hall–Kier alpha value is -1.39. The Balaban J connectivity index is 1.46. The van der Waals surface area contributed by atoms with E-state index in [1.165, 1.54) is 30.2 Å². The standard InChI is InChI=1S/C16H21N3O/c1-4-18-15-14(1)8-12(10-19-15)7-13-9-16(20-11-13)2-5-17-6-3-16/h1,4,8,10,13,17H,2-3,5-7,9,11H2,(H,18,19)/t13-/m0/s1. The molecule has 4 rings (SSSR count). The second kappa shape index (κ2) is 4.86. The minimum atomic E-state index is 0.168. The number of piperidine rings is 1. The quantitative estimate of drug-likeness (QED) is 0.881. The molecule has 0 aliphatic carbocycles. The molecule has 2 aromatic heterocycles. The van der Waals surface area contributed by atoms with Gasteiger partial charge in [0, 0.05) is 17.8 Å². The molecule has 0 unspecified atom stereocenters. The van der Waals surface area contributed by atoms with Gasteiger partial charge in [0.1, 0.15) is 5.65 Å². The summed E-state index contributed by atoms with van der Waals surface area (Å²) in [5, 5.41) is 4.63. The zero-order valence-corrected chi connectivity index (χ0v) is 11.7. The maximum Gasteiger partial charge on any atom is 0.137 e. The smallest absolute Gasteiger partial charge is 0.137 e. The van der Waals surface area contributed by atoms with Crippen molar-refractivity contribution in [2.24, 2.45) is 5.92 Å². The number of aromatic amines is 1. The van der Waals surface area contributed by atoms with Crippen LogP contribution in [-0.2, 0) is 11.2 Å². The highest BCUT2D eigenvalue weighted by Crippen LogP contribution is 2.38. The Morgan fingerprint density at radius 1 is 1.35 bits per heavy atom. The Labute approximate surface area is 118 Å². The third-order valence-electron chi connectivity index (χ3n) is 4.78. The van der Waals surface area contributed by atoms with E-state index in [4.69, 9.17) is 4.74 Å². The normalized spacial score (nSPS) is 25.5. The summed E-state index contributed by atoms with van der Waals surface area (Å²) in [6, 6.07) is 4.34. The molecule has 2 aliphatic rings. The Bertz CT molecular complexity index is 601. The first-order valence-electron chi connectivity index (χ1n) is 7.60. The number of nitrogens with one attached hydrogen (secondary N) is 2. The summed E-state index contributed by atoms with van der Waals surface area (Å²) >= 11 is 0. The van der Waals surface area contributed by atoms with Crippen LogP contribution in [0, 0.1) is 5.92 Å². The van der Waals surface area contributed by atoms with Gasteiger partial charge in [-0.1, -0.05) is 0 Å². The average molecular weight is 271 g/mol. The molecule has 2 fully saturated rings. The summed E-state index contributed by atoms with van der Waals surface area (Å²) in [4.78, 5) is 7.63. The molecular weight excluding hydrogens is 250 g/mol. The van der Waals surface area contributed by atoms with Crippen LogP contribution in [0.25, 0.3) is 11.0 Å². The fraction of sp³-hybridized carbons (Fsp3) is 0.562. The van der Waals surface area contributed by atoms with E-state index in [9.17, 15) is 0 Å². The van der Waals surface area contributed by atoms with Crippen molar-refractivity contribution < 1.29 is 4.74 Å². The summed E-state index contributed by atoms with van der Waals surface area (Å²) in [7, 11) is 0. The van der Waals surface area contributed by atoms with E-state index < -0.39 is 0 Å². The molecule has 4 heterocycles. The average Bonchev–Trinajstić information content (AvgIpc) is 3.07. The highest BCUT2D eigenvalue weighted by Gasteiger charge is 2.40. The summed E-state index contributed by atoms with van der Waals surface area (Å²) in [5.41, 5.74) is 2.48. The molecule has 1 spiro atoms. The molecule has 1 atom stereocenters. The van der Waals surface area contributed by atoms with Crippen LogP contribution in [0.1, 0.15) is 24.8 Å². The maximum absolute atomic E-state index is 6.17. The molecule has 0 amide bonds. The number of hydrogen-bond donors (Lipinski definition) is 2. The molecule has 4 heteroatoms. The van der Waals surface area contributed by atoms with Crippen LogP contribution < -0.4 is 5.32 Å². The van der Waals surface area contributed by atoms with Gasteiger partial charge in [-0.25, -0.2) is 4.98 Å². The number of ether oxygens (including phenoxy) is 1. The summed E-state index contributed by atoms with van der Waals surface area (Å²) in [6.45, 7) is 3.11.